The zero-order chi connectivity index (χ0) is 34.9. The van der Waals surface area contributed by atoms with Crippen molar-refractivity contribution in [2.75, 3.05) is 0 Å². The number of hydrogen-bond acceptors (Lipinski definition) is 3. The number of hydrogen-bond donors (Lipinski definition) is 0. The maximum Gasteiger partial charge on any atom is 0.160 e. The molecule has 4 heterocycles. The van der Waals surface area contributed by atoms with Gasteiger partial charge in [-0.15, -0.1) is 11.3 Å². The predicted octanol–water partition coefficient (Wildman–Crippen LogP) is 12.9. The van der Waals surface area contributed by atoms with Gasteiger partial charge in [0.1, 0.15) is 4.83 Å². The Kier molecular flexibility index (Phi) is 6.69. The third-order valence-corrected chi connectivity index (χ3v) is 11.5. The lowest BCUT2D eigenvalue weighted by atomic mass is 10.0. The van der Waals surface area contributed by atoms with E-state index in [4.69, 9.17) is 9.97 Å². The first-order chi connectivity index (χ1) is 26.3. The minimum atomic E-state index is 0.704. The lowest BCUT2D eigenvalue weighted by Gasteiger charge is -2.12. The molecule has 0 spiro atoms. The molecule has 0 radical (unpaired) electrons. The van der Waals surface area contributed by atoms with E-state index in [2.05, 4.69) is 173 Å². The van der Waals surface area contributed by atoms with E-state index in [0.29, 0.717) is 5.82 Å². The fourth-order valence-corrected chi connectivity index (χ4v) is 9.17. The van der Waals surface area contributed by atoms with Crippen molar-refractivity contribution in [1.29, 1.82) is 0 Å². The summed E-state index contributed by atoms with van der Waals surface area (Å²) in [5.74, 6) is 0.704. The standard InChI is InChI=1S/C48H30N4S/c1-2-13-33(14-3-1)47-49-39(30-40(50-47)34-15-12-16-35(29-34)51-41-20-7-4-17-36(41)37-18-5-8-21-42(37)51)31-25-27-32(28-26-31)46-38-19-6-9-22-43(38)52-44-23-10-11-24-45(44)53-48(46)52/h1-30H. The van der Waals surface area contributed by atoms with Crippen LogP contribution in [0.4, 0.5) is 0 Å². The molecule has 0 aliphatic rings. The summed E-state index contributed by atoms with van der Waals surface area (Å²) in [4.78, 5) is 11.6. The van der Waals surface area contributed by atoms with E-state index in [1.54, 1.807) is 0 Å². The van der Waals surface area contributed by atoms with Crippen LogP contribution in [-0.2, 0) is 0 Å². The lowest BCUT2D eigenvalue weighted by molar-refractivity contribution is 1.16. The summed E-state index contributed by atoms with van der Waals surface area (Å²) in [7, 11) is 0. The van der Waals surface area contributed by atoms with Crippen LogP contribution in [0.5, 0.6) is 0 Å². The van der Waals surface area contributed by atoms with Crippen LogP contribution in [0.25, 0.3) is 98.5 Å². The first-order valence-electron chi connectivity index (χ1n) is 17.8. The van der Waals surface area contributed by atoms with Gasteiger partial charge in [-0.2, -0.15) is 0 Å². The minimum absolute atomic E-state index is 0.704. The first-order valence-corrected chi connectivity index (χ1v) is 18.7. The van der Waals surface area contributed by atoms with E-state index in [1.807, 2.05) is 29.5 Å². The Balaban J connectivity index is 1.05. The predicted molar refractivity (Wildman–Crippen MR) is 222 cm³/mol. The average molecular weight is 695 g/mol. The van der Waals surface area contributed by atoms with E-state index in [-0.39, 0.29) is 0 Å². The molecule has 0 atom stereocenters. The van der Waals surface area contributed by atoms with Crippen molar-refractivity contribution < 1.29 is 0 Å². The molecule has 248 valence electrons. The Bertz CT molecular complexity index is 3110. The van der Waals surface area contributed by atoms with E-state index in [1.165, 1.54) is 58.9 Å². The van der Waals surface area contributed by atoms with Crippen molar-refractivity contribution in [3.05, 3.63) is 182 Å². The molecule has 53 heavy (non-hydrogen) atoms. The lowest BCUT2D eigenvalue weighted by Crippen LogP contribution is -1.97. The van der Waals surface area contributed by atoms with E-state index < -0.39 is 0 Å². The molecular formula is C48H30N4S. The molecule has 0 fully saturated rings. The van der Waals surface area contributed by atoms with Crippen LogP contribution >= 0.6 is 11.3 Å². The molecule has 0 N–H and O–H groups in total. The van der Waals surface area contributed by atoms with Crippen LogP contribution in [0.15, 0.2) is 182 Å². The van der Waals surface area contributed by atoms with Gasteiger partial charge in [0.2, 0.25) is 0 Å². The van der Waals surface area contributed by atoms with Crippen LogP contribution in [0.2, 0.25) is 0 Å². The fraction of sp³-hybridized carbons (Fsp3) is 0. The SMILES string of the molecule is c1ccc(-c2nc(-c3ccc(-c4c5ccccc5n5c4sc4ccccc45)cc3)cc(-c3cccc(-n4c5ccccc5c5ccccc54)c3)n2)cc1. The van der Waals surface area contributed by atoms with Gasteiger partial charge in [0.15, 0.2) is 5.82 Å². The normalized spacial score (nSPS) is 11.8. The van der Waals surface area contributed by atoms with Gasteiger partial charge in [0.25, 0.3) is 0 Å². The van der Waals surface area contributed by atoms with Crippen molar-refractivity contribution in [2.24, 2.45) is 0 Å². The molecule has 0 bridgehead atoms. The van der Waals surface area contributed by atoms with Gasteiger partial charge < -0.3 is 4.57 Å². The second-order valence-electron chi connectivity index (χ2n) is 13.4. The topological polar surface area (TPSA) is 35.1 Å². The third kappa shape index (κ3) is 4.75. The maximum absolute atomic E-state index is 5.17. The number of fused-ring (bicyclic) bond motifs is 8. The molecule has 0 unspecified atom stereocenters. The van der Waals surface area contributed by atoms with Gasteiger partial charge in [0.05, 0.1) is 38.2 Å². The van der Waals surface area contributed by atoms with Gasteiger partial charge in [-0.1, -0.05) is 133 Å². The van der Waals surface area contributed by atoms with Crippen LogP contribution in [0.3, 0.4) is 0 Å². The van der Waals surface area contributed by atoms with E-state index in [0.717, 1.165) is 33.8 Å². The molecule has 0 aliphatic heterocycles. The summed E-state index contributed by atoms with van der Waals surface area (Å²) >= 11 is 1.85. The Labute approximate surface area is 309 Å². The van der Waals surface area contributed by atoms with Gasteiger partial charge in [-0.05, 0) is 54.1 Å². The number of nitrogens with zero attached hydrogens (tertiary/aromatic N) is 4. The summed E-state index contributed by atoms with van der Waals surface area (Å²) < 4.78 is 6.05. The molecule has 0 saturated carbocycles. The number of para-hydroxylation sites is 4. The number of thiazole rings is 1. The quantitative estimate of drug-likeness (QED) is 0.180. The second kappa shape index (κ2) is 11.9. The number of rotatable bonds is 5. The maximum atomic E-state index is 5.17. The van der Waals surface area contributed by atoms with Crippen LogP contribution in [0.1, 0.15) is 0 Å². The second-order valence-corrected chi connectivity index (χ2v) is 14.5. The van der Waals surface area contributed by atoms with Crippen molar-refractivity contribution in [2.45, 2.75) is 0 Å². The summed E-state index contributed by atoms with van der Waals surface area (Å²) in [6, 6.07) is 64.7. The largest absolute Gasteiger partial charge is 0.309 e. The van der Waals surface area contributed by atoms with Crippen LogP contribution in [0, 0.1) is 0 Å². The van der Waals surface area contributed by atoms with Gasteiger partial charge in [-0.25, -0.2) is 9.97 Å². The van der Waals surface area contributed by atoms with Crippen molar-refractivity contribution >= 4 is 59.1 Å². The summed E-state index contributed by atoms with van der Waals surface area (Å²) in [5, 5.41) is 3.75. The highest BCUT2D eigenvalue weighted by molar-refractivity contribution is 7.24. The monoisotopic (exact) mass is 694 g/mol. The van der Waals surface area contributed by atoms with Gasteiger partial charge in [-0.3, -0.25) is 4.40 Å². The molecule has 5 heteroatoms. The highest BCUT2D eigenvalue weighted by Gasteiger charge is 2.19. The Morgan fingerprint density at radius 1 is 0.396 bits per heavy atom. The average Bonchev–Trinajstić information content (AvgIpc) is 3.88. The Hall–Kier alpha value is -6.82. The van der Waals surface area contributed by atoms with E-state index in [9.17, 15) is 0 Å². The van der Waals surface area contributed by atoms with Gasteiger partial charge >= 0.3 is 0 Å². The molecule has 11 aromatic rings. The zero-order valence-electron chi connectivity index (χ0n) is 28.5. The Morgan fingerprint density at radius 3 is 1.70 bits per heavy atom. The van der Waals surface area contributed by atoms with Gasteiger partial charge in [0, 0.05) is 44.1 Å². The molecule has 11 rings (SSSR count). The molecule has 0 aliphatic carbocycles. The molecule has 0 amide bonds. The zero-order valence-corrected chi connectivity index (χ0v) is 29.3. The molecule has 7 aromatic carbocycles. The molecular weight excluding hydrogens is 665 g/mol. The van der Waals surface area contributed by atoms with E-state index >= 15 is 0 Å². The minimum Gasteiger partial charge on any atom is -0.309 e. The summed E-state index contributed by atoms with van der Waals surface area (Å²) in [6.45, 7) is 0. The highest BCUT2D eigenvalue weighted by Crippen LogP contribution is 2.42. The molecule has 0 saturated heterocycles. The summed E-state index contributed by atoms with van der Waals surface area (Å²) in [5.41, 5.74) is 13.2. The molecule has 4 aromatic heterocycles. The van der Waals surface area contributed by atoms with Crippen LogP contribution in [-0.4, -0.2) is 18.9 Å². The number of benzene rings is 7. The van der Waals surface area contributed by atoms with Crippen molar-refractivity contribution in [3.63, 3.8) is 0 Å². The van der Waals surface area contributed by atoms with Crippen molar-refractivity contribution in [1.82, 2.24) is 18.9 Å². The summed E-state index contributed by atoms with van der Waals surface area (Å²) in [6.07, 6.45) is 0. The highest BCUT2D eigenvalue weighted by atomic mass is 32.1. The Morgan fingerprint density at radius 2 is 0.962 bits per heavy atom. The third-order valence-electron chi connectivity index (χ3n) is 10.4. The fourth-order valence-electron chi connectivity index (χ4n) is 7.94. The molecule has 4 nitrogen and oxygen atoms in total. The number of aromatic nitrogens is 4. The smallest absolute Gasteiger partial charge is 0.160 e. The van der Waals surface area contributed by atoms with Crippen molar-refractivity contribution in [3.8, 4) is 50.7 Å². The van der Waals surface area contributed by atoms with Crippen LogP contribution < -0.4 is 0 Å². The first kappa shape index (κ1) is 29.9.